The van der Waals surface area contributed by atoms with E-state index in [2.05, 4.69) is 169 Å². The van der Waals surface area contributed by atoms with Gasteiger partial charge >= 0.3 is 0 Å². The second-order valence-electron chi connectivity index (χ2n) is 11.6. The van der Waals surface area contributed by atoms with Gasteiger partial charge in [-0.05, 0) is 76.2 Å². The molecule has 3 heteroatoms. The number of fused-ring (bicyclic) bond motifs is 3. The second kappa shape index (κ2) is 10.8. The van der Waals surface area contributed by atoms with Gasteiger partial charge < -0.3 is 9.32 Å². The number of benzene rings is 7. The lowest BCUT2D eigenvalue weighted by molar-refractivity contribution is 0.590. The summed E-state index contributed by atoms with van der Waals surface area (Å²) in [5.74, 6) is 1.48. The Morgan fingerprint density at radius 3 is 1.63 bits per heavy atom. The van der Waals surface area contributed by atoms with E-state index in [4.69, 9.17) is 9.40 Å². The zero-order valence-electron chi connectivity index (χ0n) is 25.0. The first kappa shape index (κ1) is 26.2. The molecule has 0 fully saturated rings. The van der Waals surface area contributed by atoms with E-state index in [9.17, 15) is 0 Å². The van der Waals surface area contributed by atoms with Gasteiger partial charge in [-0.3, -0.25) is 0 Å². The molecule has 0 saturated carbocycles. The number of hydrogen-bond acceptors (Lipinski definition) is 3. The monoisotopic (exact) mass is 588 g/mol. The highest BCUT2D eigenvalue weighted by atomic mass is 16.4. The van der Waals surface area contributed by atoms with E-state index in [1.165, 1.54) is 33.0 Å². The Labute approximate surface area is 267 Å². The summed E-state index contributed by atoms with van der Waals surface area (Å²) in [5, 5.41) is 2.43. The predicted octanol–water partition coefficient (Wildman–Crippen LogP) is 11.9. The molecule has 216 valence electrons. The van der Waals surface area contributed by atoms with E-state index < -0.39 is 0 Å². The van der Waals surface area contributed by atoms with E-state index in [1.807, 2.05) is 6.07 Å². The van der Waals surface area contributed by atoms with E-state index in [-0.39, 0.29) is 0 Å². The van der Waals surface area contributed by atoms with Crippen LogP contribution in [-0.2, 0) is 0 Å². The molecule has 0 atom stereocenters. The lowest BCUT2D eigenvalue weighted by Gasteiger charge is -2.26. The molecule has 0 unspecified atom stereocenters. The van der Waals surface area contributed by atoms with Gasteiger partial charge in [0.2, 0.25) is 5.89 Å². The number of anilines is 3. The Kier molecular flexibility index (Phi) is 6.14. The van der Waals surface area contributed by atoms with Gasteiger partial charge in [-0.15, -0.1) is 0 Å². The fraction of sp³-hybridized carbons (Fsp3) is 0. The SMILES string of the molecule is c1ccc(-c2ccc(N(c3ccc(-c4nc5c(o4)-c4cccc6cccc-5c46)cc3)c3cccc(-c4ccccc4)c3)cc2)cc1. The van der Waals surface area contributed by atoms with Crippen LogP contribution in [0.3, 0.4) is 0 Å². The van der Waals surface area contributed by atoms with Crippen molar-refractivity contribution >= 4 is 27.8 Å². The highest BCUT2D eigenvalue weighted by molar-refractivity contribution is 6.13. The number of nitrogens with zero attached hydrogens (tertiary/aromatic N) is 2. The summed E-state index contributed by atoms with van der Waals surface area (Å²) in [6.45, 7) is 0. The van der Waals surface area contributed by atoms with Crippen molar-refractivity contribution in [2.75, 3.05) is 4.90 Å². The highest BCUT2D eigenvalue weighted by Crippen LogP contribution is 2.48. The number of aromatic nitrogens is 1. The Morgan fingerprint density at radius 1 is 0.413 bits per heavy atom. The lowest BCUT2D eigenvalue weighted by atomic mass is 10.0. The largest absolute Gasteiger partial charge is 0.435 e. The molecule has 1 heterocycles. The first-order chi connectivity index (χ1) is 22.8. The van der Waals surface area contributed by atoms with Crippen LogP contribution in [0.5, 0.6) is 0 Å². The zero-order valence-corrected chi connectivity index (χ0v) is 25.0. The average Bonchev–Trinajstić information content (AvgIpc) is 3.70. The quantitative estimate of drug-likeness (QED) is 0.193. The fourth-order valence-corrected chi connectivity index (χ4v) is 6.63. The van der Waals surface area contributed by atoms with Crippen molar-refractivity contribution in [2.24, 2.45) is 0 Å². The predicted molar refractivity (Wildman–Crippen MR) is 189 cm³/mol. The molecule has 8 aromatic rings. The normalized spacial score (nSPS) is 11.5. The average molecular weight is 589 g/mol. The molecule has 1 aromatic heterocycles. The standard InChI is InChI=1S/C43H28N2O/c1-3-10-29(11-4-1)31-20-24-35(25-21-31)45(37-17-7-16-34(28-37)30-12-5-2-6-13-30)36-26-22-33(23-27-36)43-44-41-38-18-8-14-32-15-9-19-39(40(32)38)42(41)46-43/h1-28H. The van der Waals surface area contributed by atoms with Crippen LogP contribution in [0.25, 0.3) is 67.1 Å². The molecule has 46 heavy (non-hydrogen) atoms. The Morgan fingerprint density at radius 2 is 0.957 bits per heavy atom. The van der Waals surface area contributed by atoms with Crippen molar-refractivity contribution < 1.29 is 4.42 Å². The summed E-state index contributed by atoms with van der Waals surface area (Å²) in [6.07, 6.45) is 0. The highest BCUT2D eigenvalue weighted by Gasteiger charge is 2.27. The summed E-state index contributed by atoms with van der Waals surface area (Å²) in [7, 11) is 0. The number of rotatable bonds is 6. The maximum Gasteiger partial charge on any atom is 0.227 e. The number of oxazole rings is 1. The van der Waals surface area contributed by atoms with Crippen molar-refractivity contribution in [3.05, 3.63) is 170 Å². The molecular weight excluding hydrogens is 560 g/mol. The molecule has 9 rings (SSSR count). The third kappa shape index (κ3) is 4.41. The fourth-order valence-electron chi connectivity index (χ4n) is 6.63. The van der Waals surface area contributed by atoms with Gasteiger partial charge in [-0.2, -0.15) is 0 Å². The summed E-state index contributed by atoms with van der Waals surface area (Å²) in [5.41, 5.74) is 12.1. The Balaban J connectivity index is 1.11. The van der Waals surface area contributed by atoms with E-state index >= 15 is 0 Å². The van der Waals surface area contributed by atoms with Crippen LogP contribution in [0.15, 0.2) is 174 Å². The molecular formula is C43H28N2O. The van der Waals surface area contributed by atoms with Gasteiger partial charge in [0, 0.05) is 39.1 Å². The van der Waals surface area contributed by atoms with Crippen LogP contribution in [0.4, 0.5) is 17.1 Å². The third-order valence-corrected chi connectivity index (χ3v) is 8.85. The van der Waals surface area contributed by atoms with Crippen molar-refractivity contribution in [3.63, 3.8) is 0 Å². The van der Waals surface area contributed by atoms with Gasteiger partial charge in [-0.25, -0.2) is 4.98 Å². The van der Waals surface area contributed by atoms with Gasteiger partial charge in [-0.1, -0.05) is 121 Å². The van der Waals surface area contributed by atoms with Crippen LogP contribution >= 0.6 is 0 Å². The molecule has 0 saturated heterocycles. The van der Waals surface area contributed by atoms with E-state index in [0.717, 1.165) is 45.2 Å². The minimum atomic E-state index is 0.632. The van der Waals surface area contributed by atoms with E-state index in [0.29, 0.717) is 5.89 Å². The second-order valence-corrected chi connectivity index (χ2v) is 11.6. The number of hydrogen-bond donors (Lipinski definition) is 0. The molecule has 0 amide bonds. The molecule has 0 bridgehead atoms. The topological polar surface area (TPSA) is 29.3 Å². The molecule has 1 aliphatic rings. The van der Waals surface area contributed by atoms with Crippen molar-refractivity contribution in [2.45, 2.75) is 0 Å². The Bertz CT molecular complexity index is 2280. The summed E-state index contributed by atoms with van der Waals surface area (Å²) in [4.78, 5) is 7.30. The van der Waals surface area contributed by atoms with E-state index in [1.54, 1.807) is 0 Å². The van der Waals surface area contributed by atoms with Gasteiger partial charge in [0.05, 0.1) is 0 Å². The van der Waals surface area contributed by atoms with Gasteiger partial charge in [0.15, 0.2) is 5.76 Å². The molecule has 7 aromatic carbocycles. The van der Waals surface area contributed by atoms with Crippen molar-refractivity contribution in [3.8, 4) is 56.3 Å². The molecule has 0 N–H and O–H groups in total. The van der Waals surface area contributed by atoms with Crippen LogP contribution in [-0.4, -0.2) is 4.98 Å². The maximum absolute atomic E-state index is 6.45. The van der Waals surface area contributed by atoms with Crippen molar-refractivity contribution in [1.29, 1.82) is 0 Å². The van der Waals surface area contributed by atoms with Crippen LogP contribution in [0.1, 0.15) is 0 Å². The van der Waals surface area contributed by atoms with Crippen LogP contribution in [0, 0.1) is 0 Å². The summed E-state index contributed by atoms with van der Waals surface area (Å²) < 4.78 is 6.45. The molecule has 0 aliphatic heterocycles. The summed E-state index contributed by atoms with van der Waals surface area (Å²) >= 11 is 0. The van der Waals surface area contributed by atoms with Crippen LogP contribution < -0.4 is 4.90 Å². The van der Waals surface area contributed by atoms with Crippen LogP contribution in [0.2, 0.25) is 0 Å². The summed E-state index contributed by atoms with van der Waals surface area (Å²) in [6, 6.07) is 59.8. The van der Waals surface area contributed by atoms with Gasteiger partial charge in [0.25, 0.3) is 0 Å². The third-order valence-electron chi connectivity index (χ3n) is 8.85. The first-order valence-corrected chi connectivity index (χ1v) is 15.5. The molecule has 0 spiro atoms. The smallest absolute Gasteiger partial charge is 0.227 e. The minimum absolute atomic E-state index is 0.632. The maximum atomic E-state index is 6.45. The zero-order chi connectivity index (χ0) is 30.5. The molecule has 1 aliphatic carbocycles. The van der Waals surface area contributed by atoms with Crippen molar-refractivity contribution in [1.82, 2.24) is 4.98 Å². The molecule has 0 radical (unpaired) electrons. The first-order valence-electron chi connectivity index (χ1n) is 15.5. The van der Waals surface area contributed by atoms with Gasteiger partial charge in [0.1, 0.15) is 5.69 Å². The Hall–Kier alpha value is -6.19. The minimum Gasteiger partial charge on any atom is -0.435 e. The lowest BCUT2D eigenvalue weighted by Crippen LogP contribution is -2.10. The molecule has 3 nitrogen and oxygen atoms in total.